The molecule has 1 unspecified atom stereocenters. The minimum atomic E-state index is -0.790. The molecule has 6 nitrogen and oxygen atoms in total. The summed E-state index contributed by atoms with van der Waals surface area (Å²) in [5.74, 6) is -0.905. The summed E-state index contributed by atoms with van der Waals surface area (Å²) in [6.45, 7) is 6.53. The maximum atomic E-state index is 12.9. The summed E-state index contributed by atoms with van der Waals surface area (Å²) in [6, 6.07) is 0. The Morgan fingerprint density at radius 2 is 0.549 bits per heavy atom. The van der Waals surface area contributed by atoms with Crippen LogP contribution in [0.2, 0.25) is 0 Å². The Bertz CT molecular complexity index is 1320. The molecule has 0 aromatic carbocycles. The minimum absolute atomic E-state index is 0.0867. The number of ether oxygens (including phenoxy) is 3. The van der Waals surface area contributed by atoms with Crippen molar-refractivity contribution in [2.45, 2.75) is 309 Å². The van der Waals surface area contributed by atoms with Crippen LogP contribution in [0.1, 0.15) is 303 Å². The van der Waals surface area contributed by atoms with Gasteiger partial charge in [-0.05, 0) is 109 Å². The van der Waals surface area contributed by atoms with E-state index in [1.807, 2.05) is 0 Å². The average molecular weight is 992 g/mol. The molecule has 0 N–H and O–H groups in total. The molecular formula is C65H114O6. The fourth-order valence-corrected chi connectivity index (χ4v) is 8.60. The number of esters is 3. The van der Waals surface area contributed by atoms with Crippen molar-refractivity contribution in [1.29, 1.82) is 0 Å². The highest BCUT2D eigenvalue weighted by atomic mass is 16.6. The molecule has 1 atom stereocenters. The third-order valence-electron chi connectivity index (χ3n) is 13.2. The molecule has 6 heteroatoms. The SMILES string of the molecule is CC/C=C\C/C=C\C/C=C\C/C=C\CCCCCCCCC(=O)OCC(COC(=O)CCCCCCC/C=C\CCCCCCCCC)OC(=O)CCCCCCC/C=C\CCCCCCCCCCC. The summed E-state index contributed by atoms with van der Waals surface area (Å²) in [6.07, 6.45) is 76.1. The van der Waals surface area contributed by atoms with Crippen LogP contribution in [-0.4, -0.2) is 37.2 Å². The number of allylic oxidation sites excluding steroid dienone is 12. The molecule has 0 saturated carbocycles. The lowest BCUT2D eigenvalue weighted by atomic mass is 10.1. The zero-order chi connectivity index (χ0) is 51.4. The highest BCUT2D eigenvalue weighted by Crippen LogP contribution is 2.15. The molecule has 0 aromatic heterocycles. The molecule has 0 fully saturated rings. The van der Waals surface area contributed by atoms with Crippen molar-refractivity contribution in [3.63, 3.8) is 0 Å². The van der Waals surface area contributed by atoms with Crippen LogP contribution in [0.5, 0.6) is 0 Å². The van der Waals surface area contributed by atoms with Crippen molar-refractivity contribution in [2.24, 2.45) is 0 Å². The lowest BCUT2D eigenvalue weighted by molar-refractivity contribution is -0.167. The first-order chi connectivity index (χ1) is 35.0. The van der Waals surface area contributed by atoms with E-state index in [2.05, 4.69) is 93.7 Å². The van der Waals surface area contributed by atoms with Gasteiger partial charge in [-0.15, -0.1) is 0 Å². The predicted molar refractivity (Wildman–Crippen MR) is 307 cm³/mol. The molecule has 0 rings (SSSR count). The molecule has 0 spiro atoms. The summed E-state index contributed by atoms with van der Waals surface area (Å²) in [5, 5.41) is 0. The van der Waals surface area contributed by atoms with E-state index >= 15 is 0 Å². The van der Waals surface area contributed by atoms with E-state index in [4.69, 9.17) is 14.2 Å². The van der Waals surface area contributed by atoms with E-state index < -0.39 is 6.10 Å². The van der Waals surface area contributed by atoms with Crippen LogP contribution < -0.4 is 0 Å². The molecular weight excluding hydrogens is 877 g/mol. The van der Waals surface area contributed by atoms with E-state index in [1.54, 1.807) is 0 Å². The maximum absolute atomic E-state index is 12.9. The number of rotatable bonds is 55. The van der Waals surface area contributed by atoms with E-state index in [-0.39, 0.29) is 31.1 Å². The molecule has 0 aliphatic heterocycles. The summed E-state index contributed by atoms with van der Waals surface area (Å²) in [4.78, 5) is 38.3. The second kappa shape index (κ2) is 59.4. The van der Waals surface area contributed by atoms with Gasteiger partial charge >= 0.3 is 17.9 Å². The van der Waals surface area contributed by atoms with Gasteiger partial charge in [0.15, 0.2) is 6.10 Å². The van der Waals surface area contributed by atoms with Gasteiger partial charge in [0.05, 0.1) is 0 Å². The zero-order valence-corrected chi connectivity index (χ0v) is 47.0. The number of carbonyl (C=O) groups is 3. The average Bonchev–Trinajstić information content (AvgIpc) is 3.37. The predicted octanol–water partition coefficient (Wildman–Crippen LogP) is 20.5. The fourth-order valence-electron chi connectivity index (χ4n) is 8.60. The molecule has 0 heterocycles. The van der Waals surface area contributed by atoms with Crippen molar-refractivity contribution in [3.8, 4) is 0 Å². The van der Waals surface area contributed by atoms with Crippen molar-refractivity contribution in [3.05, 3.63) is 72.9 Å². The van der Waals surface area contributed by atoms with Crippen LogP contribution in [0, 0.1) is 0 Å². The van der Waals surface area contributed by atoms with Crippen molar-refractivity contribution >= 4 is 17.9 Å². The van der Waals surface area contributed by atoms with Gasteiger partial charge in [0, 0.05) is 19.3 Å². The van der Waals surface area contributed by atoms with Crippen LogP contribution in [-0.2, 0) is 28.6 Å². The van der Waals surface area contributed by atoms with E-state index in [0.717, 1.165) is 109 Å². The van der Waals surface area contributed by atoms with E-state index in [9.17, 15) is 14.4 Å². The Morgan fingerprint density at radius 3 is 0.873 bits per heavy atom. The standard InChI is InChI=1S/C65H114O6/c1-4-7-10-13-16-19-22-25-28-31-33-35-37-40-43-46-49-52-55-58-64(67)70-61-62(60-69-63(66)57-54-51-48-45-42-39-36-30-27-24-21-18-15-12-9-6-3)71-65(68)59-56-53-50-47-44-41-38-34-32-29-26-23-20-17-14-11-8-5-2/h7,10,16,19,25,28,30,33-36,38,62H,4-6,8-9,11-15,17-18,20-24,26-27,29,31-32,37,39-61H2,1-3H3/b10-7-,19-16-,28-25-,35-33-,36-30-,38-34-. The molecule has 0 saturated heterocycles. The highest BCUT2D eigenvalue weighted by molar-refractivity contribution is 5.71. The van der Waals surface area contributed by atoms with Gasteiger partial charge in [-0.2, -0.15) is 0 Å². The Kier molecular flexibility index (Phi) is 56.8. The molecule has 0 bridgehead atoms. The van der Waals surface area contributed by atoms with Crippen LogP contribution in [0.15, 0.2) is 72.9 Å². The fraction of sp³-hybridized carbons (Fsp3) is 0.769. The van der Waals surface area contributed by atoms with Gasteiger partial charge < -0.3 is 14.2 Å². The van der Waals surface area contributed by atoms with E-state index in [0.29, 0.717) is 19.3 Å². The summed E-state index contributed by atoms with van der Waals surface area (Å²) in [7, 11) is 0. The molecule has 0 aliphatic carbocycles. The van der Waals surface area contributed by atoms with Crippen molar-refractivity contribution < 1.29 is 28.6 Å². The summed E-state index contributed by atoms with van der Waals surface area (Å²) in [5.41, 5.74) is 0. The topological polar surface area (TPSA) is 78.9 Å². The lowest BCUT2D eigenvalue weighted by Crippen LogP contribution is -2.30. The Morgan fingerprint density at radius 1 is 0.296 bits per heavy atom. The molecule has 0 aliphatic rings. The molecule has 410 valence electrons. The summed E-state index contributed by atoms with van der Waals surface area (Å²) >= 11 is 0. The normalized spacial score (nSPS) is 12.5. The van der Waals surface area contributed by atoms with Crippen LogP contribution in [0.25, 0.3) is 0 Å². The molecule has 71 heavy (non-hydrogen) atoms. The van der Waals surface area contributed by atoms with E-state index in [1.165, 1.54) is 154 Å². The summed E-state index contributed by atoms with van der Waals surface area (Å²) < 4.78 is 16.9. The zero-order valence-electron chi connectivity index (χ0n) is 47.0. The number of unbranched alkanes of at least 4 members (excludes halogenated alkanes) is 32. The quantitative estimate of drug-likeness (QED) is 0.0261. The van der Waals surface area contributed by atoms with Gasteiger partial charge in [-0.25, -0.2) is 0 Å². The van der Waals surface area contributed by atoms with Gasteiger partial charge in [-0.1, -0.05) is 248 Å². The maximum Gasteiger partial charge on any atom is 0.306 e. The van der Waals surface area contributed by atoms with Crippen LogP contribution in [0.3, 0.4) is 0 Å². The number of hydrogen-bond donors (Lipinski definition) is 0. The second-order valence-corrected chi connectivity index (χ2v) is 20.2. The number of hydrogen-bond acceptors (Lipinski definition) is 6. The third-order valence-corrected chi connectivity index (χ3v) is 13.2. The van der Waals surface area contributed by atoms with Gasteiger partial charge in [0.2, 0.25) is 0 Å². The monoisotopic (exact) mass is 991 g/mol. The smallest absolute Gasteiger partial charge is 0.306 e. The first-order valence-electron chi connectivity index (χ1n) is 30.4. The minimum Gasteiger partial charge on any atom is -0.462 e. The largest absolute Gasteiger partial charge is 0.462 e. The first kappa shape index (κ1) is 67.8. The highest BCUT2D eigenvalue weighted by Gasteiger charge is 2.19. The Labute approximate surface area is 440 Å². The molecule has 0 amide bonds. The Hall–Kier alpha value is -3.15. The van der Waals surface area contributed by atoms with Crippen LogP contribution >= 0.6 is 0 Å². The second-order valence-electron chi connectivity index (χ2n) is 20.2. The van der Waals surface area contributed by atoms with Crippen LogP contribution in [0.4, 0.5) is 0 Å². The van der Waals surface area contributed by atoms with Crippen molar-refractivity contribution in [2.75, 3.05) is 13.2 Å². The molecule has 0 radical (unpaired) electrons. The Balaban J connectivity index is 4.42. The number of carbonyl (C=O) groups excluding carboxylic acids is 3. The van der Waals surface area contributed by atoms with Gasteiger partial charge in [0.25, 0.3) is 0 Å². The van der Waals surface area contributed by atoms with Crippen molar-refractivity contribution in [1.82, 2.24) is 0 Å². The third kappa shape index (κ3) is 57.6. The van der Waals surface area contributed by atoms with Gasteiger partial charge in [-0.3, -0.25) is 14.4 Å². The lowest BCUT2D eigenvalue weighted by Gasteiger charge is -2.18. The van der Waals surface area contributed by atoms with Gasteiger partial charge in [0.1, 0.15) is 13.2 Å². The molecule has 0 aromatic rings. The first-order valence-corrected chi connectivity index (χ1v) is 30.4.